The van der Waals surface area contributed by atoms with Crippen LogP contribution in [0.1, 0.15) is 81.0 Å². The fourth-order valence-electron chi connectivity index (χ4n) is 8.17. The van der Waals surface area contributed by atoms with E-state index in [9.17, 15) is 9.59 Å². The van der Waals surface area contributed by atoms with E-state index in [2.05, 4.69) is 85.0 Å². The second-order valence-corrected chi connectivity index (χ2v) is 11.7. The summed E-state index contributed by atoms with van der Waals surface area (Å²) >= 11 is 0. The van der Waals surface area contributed by atoms with Crippen molar-refractivity contribution >= 4 is 22.7 Å². The fourth-order valence-corrected chi connectivity index (χ4v) is 8.17. The zero-order chi connectivity index (χ0) is 25.6. The maximum Gasteiger partial charge on any atom is 0.129 e. The molecule has 2 nitrogen and oxygen atoms in total. The Morgan fingerprint density at radius 1 is 0.703 bits per heavy atom. The van der Waals surface area contributed by atoms with Gasteiger partial charge in [-0.25, -0.2) is 0 Å². The number of hydrogen-bond donors (Lipinski definition) is 0. The van der Waals surface area contributed by atoms with Crippen LogP contribution < -0.4 is 0 Å². The quantitative estimate of drug-likeness (QED) is 0.378. The lowest BCUT2D eigenvalue weighted by Crippen LogP contribution is -2.44. The van der Waals surface area contributed by atoms with E-state index in [0.29, 0.717) is 24.7 Å². The summed E-state index contributed by atoms with van der Waals surface area (Å²) in [6.45, 7) is 3.46. The summed E-state index contributed by atoms with van der Waals surface area (Å²) in [5.74, 6) is 1.21. The molecular weight excluding hydrogens is 452 g/mol. The average Bonchev–Trinajstić information content (AvgIpc) is 3.35. The molecule has 0 fully saturated rings. The molecule has 37 heavy (non-hydrogen) atoms. The Labute approximate surface area is 220 Å². The normalized spacial score (nSPS) is 28.6. The molecular formula is C35H36O2. The van der Waals surface area contributed by atoms with Gasteiger partial charge in [0.25, 0.3) is 0 Å². The van der Waals surface area contributed by atoms with E-state index >= 15 is 0 Å². The number of hydrogen-bond acceptors (Lipinski definition) is 2. The van der Waals surface area contributed by atoms with Gasteiger partial charge in [0, 0.05) is 23.7 Å². The van der Waals surface area contributed by atoms with Crippen LogP contribution in [0.5, 0.6) is 0 Å². The van der Waals surface area contributed by atoms with Crippen LogP contribution in [0.15, 0.2) is 85.0 Å². The van der Waals surface area contributed by atoms with Crippen LogP contribution in [0.2, 0.25) is 0 Å². The van der Waals surface area contributed by atoms with E-state index < -0.39 is 0 Å². The molecule has 0 aromatic heterocycles. The molecule has 2 heteroatoms. The molecule has 2 unspecified atom stereocenters. The molecule has 0 bridgehead atoms. The molecule has 0 amide bonds. The first-order valence-corrected chi connectivity index (χ1v) is 13.9. The van der Waals surface area contributed by atoms with Gasteiger partial charge >= 0.3 is 0 Å². The molecule has 0 radical (unpaired) electrons. The van der Waals surface area contributed by atoms with Crippen LogP contribution in [0.4, 0.5) is 0 Å². The van der Waals surface area contributed by atoms with Crippen LogP contribution >= 0.6 is 0 Å². The zero-order valence-electron chi connectivity index (χ0n) is 22.0. The van der Waals surface area contributed by atoms with Crippen LogP contribution in [-0.2, 0) is 20.4 Å². The Morgan fingerprint density at radius 3 is 1.57 bits per heavy atom. The molecule has 0 aliphatic heterocycles. The van der Waals surface area contributed by atoms with Crippen LogP contribution in [0.3, 0.4) is 0 Å². The average molecular weight is 489 g/mol. The minimum atomic E-state index is -0.153. The molecule has 2 aromatic rings. The highest BCUT2D eigenvalue weighted by atomic mass is 16.1. The highest BCUT2D eigenvalue weighted by Crippen LogP contribution is 2.65. The van der Waals surface area contributed by atoms with Gasteiger partial charge in [-0.2, -0.15) is 0 Å². The highest BCUT2D eigenvalue weighted by Gasteiger charge is 2.57. The summed E-state index contributed by atoms with van der Waals surface area (Å²) in [6.07, 6.45) is 19.4. The molecule has 4 aliphatic carbocycles. The van der Waals surface area contributed by atoms with Gasteiger partial charge in [-0.1, -0.05) is 85.0 Å². The highest BCUT2D eigenvalue weighted by molar-refractivity contribution is 5.83. The minimum absolute atomic E-state index is 0.153. The lowest BCUT2D eigenvalue weighted by Gasteiger charge is -2.48. The molecule has 0 spiro atoms. The van der Waals surface area contributed by atoms with Gasteiger partial charge in [-0.15, -0.1) is 0 Å². The third-order valence-electron chi connectivity index (χ3n) is 9.68. The van der Waals surface area contributed by atoms with Gasteiger partial charge in [-0.3, -0.25) is 0 Å². The molecule has 0 saturated carbocycles. The van der Waals surface area contributed by atoms with Crippen molar-refractivity contribution in [3.63, 3.8) is 0 Å². The number of allylic oxidation sites excluding steroid dienone is 8. The zero-order valence-corrected chi connectivity index (χ0v) is 22.0. The van der Waals surface area contributed by atoms with Crippen molar-refractivity contribution < 1.29 is 9.59 Å². The fraction of sp³-hybridized carbons (Fsp3) is 0.371. The third kappa shape index (κ3) is 3.76. The van der Waals surface area contributed by atoms with Crippen molar-refractivity contribution in [3.8, 4) is 0 Å². The monoisotopic (exact) mass is 488 g/mol. The number of Topliss-reactive ketones (excluding diaryl/α,β-unsaturated/α-hetero) is 2. The third-order valence-corrected chi connectivity index (χ3v) is 9.68. The Kier molecular flexibility index (Phi) is 6.02. The second kappa shape index (κ2) is 9.24. The van der Waals surface area contributed by atoms with Crippen molar-refractivity contribution in [1.82, 2.24) is 0 Å². The first-order chi connectivity index (χ1) is 18.0. The van der Waals surface area contributed by atoms with E-state index in [4.69, 9.17) is 0 Å². The number of fused-ring (bicyclic) bond motifs is 6. The van der Waals surface area contributed by atoms with Gasteiger partial charge in [0.1, 0.15) is 11.6 Å². The van der Waals surface area contributed by atoms with Crippen molar-refractivity contribution in [2.24, 2.45) is 11.8 Å². The Bertz CT molecular complexity index is 1280. The first kappa shape index (κ1) is 24.1. The summed E-state index contributed by atoms with van der Waals surface area (Å²) < 4.78 is 0. The number of benzene rings is 2. The van der Waals surface area contributed by atoms with Gasteiger partial charge < -0.3 is 9.59 Å². The lowest BCUT2D eigenvalue weighted by atomic mass is 9.55. The smallest absolute Gasteiger partial charge is 0.129 e. The van der Waals surface area contributed by atoms with Crippen molar-refractivity contribution in [3.05, 3.63) is 107 Å². The van der Waals surface area contributed by atoms with E-state index in [0.717, 1.165) is 32.1 Å². The van der Waals surface area contributed by atoms with Crippen LogP contribution in [0, 0.1) is 11.8 Å². The number of rotatable bonds is 8. The number of carbonyl (C=O) groups is 2. The van der Waals surface area contributed by atoms with E-state index in [-0.39, 0.29) is 22.4 Å². The largest absolute Gasteiger partial charge is 0.300 e. The molecule has 6 rings (SSSR count). The second-order valence-electron chi connectivity index (χ2n) is 11.7. The van der Waals surface area contributed by atoms with Crippen molar-refractivity contribution in [2.45, 2.75) is 69.6 Å². The molecule has 0 heterocycles. The predicted octanol–water partition coefficient (Wildman–Crippen LogP) is 7.94. The summed E-state index contributed by atoms with van der Waals surface area (Å²) in [4.78, 5) is 25.0. The van der Waals surface area contributed by atoms with E-state index in [1.165, 1.54) is 33.4 Å². The standard InChI is InChI=1S/C35H36O2/c1-24(36)19-21-34(30-15-7-3-11-26(30)27-12-4-8-16-31(27)34)23-35(22-20-25(2)37)32-17-9-5-13-28(32)29-14-6-10-18-33(29)35/h3-15,17,31,33H,16,18-23H2,1-2H3/t31-,33-,34?,35?/m1/s1. The molecule has 0 N–H and O–H groups in total. The number of carbonyl (C=O) groups excluding carboxylic acids is 2. The lowest BCUT2D eigenvalue weighted by molar-refractivity contribution is -0.118. The minimum Gasteiger partial charge on any atom is -0.300 e. The van der Waals surface area contributed by atoms with E-state index in [1.807, 2.05) is 0 Å². The Balaban J connectivity index is 1.58. The first-order valence-electron chi connectivity index (χ1n) is 13.9. The molecule has 4 atom stereocenters. The van der Waals surface area contributed by atoms with Gasteiger partial charge in [0.15, 0.2) is 0 Å². The molecule has 188 valence electrons. The van der Waals surface area contributed by atoms with Crippen LogP contribution in [-0.4, -0.2) is 11.6 Å². The summed E-state index contributed by atoms with van der Waals surface area (Å²) in [6, 6.07) is 17.9. The summed E-state index contributed by atoms with van der Waals surface area (Å²) in [5.41, 5.74) is 8.06. The van der Waals surface area contributed by atoms with Crippen molar-refractivity contribution in [1.29, 1.82) is 0 Å². The van der Waals surface area contributed by atoms with Crippen LogP contribution in [0.25, 0.3) is 11.1 Å². The summed E-state index contributed by atoms with van der Waals surface area (Å²) in [5, 5.41) is 0. The van der Waals surface area contributed by atoms with Crippen molar-refractivity contribution in [2.75, 3.05) is 0 Å². The molecule has 2 aromatic carbocycles. The Morgan fingerprint density at radius 2 is 1.14 bits per heavy atom. The molecule has 4 aliphatic rings. The topological polar surface area (TPSA) is 34.1 Å². The van der Waals surface area contributed by atoms with Gasteiger partial charge in [-0.05, 0) is 91.2 Å². The maximum absolute atomic E-state index is 12.5. The summed E-state index contributed by atoms with van der Waals surface area (Å²) in [7, 11) is 0. The SMILES string of the molecule is CC(=O)CCC1(CC2(CCC(C)=O)c3ccccc3C3=CC=CC[C@H]32)c2ccccc2C2=CC=CC[C@H]21. The maximum atomic E-state index is 12.5. The molecule has 0 saturated heterocycles. The number of ketones is 2. The van der Waals surface area contributed by atoms with E-state index in [1.54, 1.807) is 13.8 Å². The predicted molar refractivity (Wildman–Crippen MR) is 151 cm³/mol. The van der Waals surface area contributed by atoms with Gasteiger partial charge in [0.05, 0.1) is 0 Å². The Hall–Kier alpha value is -3.26. The van der Waals surface area contributed by atoms with Gasteiger partial charge in [0.2, 0.25) is 0 Å².